The van der Waals surface area contributed by atoms with Crippen molar-refractivity contribution in [3.05, 3.63) is 23.8 Å². The number of primary amides is 1. The normalized spacial score (nSPS) is 22.2. The van der Waals surface area contributed by atoms with E-state index in [1.165, 1.54) is 19.1 Å². The SMILES string of the molecule is N=CC(CN)Nc1cc(N[C@@H]2CCCC[C@@H]2N)ccc1C(N)=O. The minimum absolute atomic E-state index is 0.134. The highest BCUT2D eigenvalue weighted by Crippen LogP contribution is 2.25. The second kappa shape index (κ2) is 7.94. The van der Waals surface area contributed by atoms with Gasteiger partial charge in [-0.25, -0.2) is 0 Å². The van der Waals surface area contributed by atoms with Crippen LogP contribution in [0.25, 0.3) is 0 Å². The molecule has 0 aromatic heterocycles. The smallest absolute Gasteiger partial charge is 0.250 e. The summed E-state index contributed by atoms with van der Waals surface area (Å²) in [5.74, 6) is -0.519. The number of carbonyl (C=O) groups is 1. The molecule has 1 fully saturated rings. The summed E-state index contributed by atoms with van der Waals surface area (Å²) < 4.78 is 0. The maximum absolute atomic E-state index is 11.6. The molecule has 1 aromatic carbocycles. The molecule has 23 heavy (non-hydrogen) atoms. The highest BCUT2D eigenvalue weighted by molar-refractivity contribution is 5.99. The summed E-state index contributed by atoms with van der Waals surface area (Å²) in [6.45, 7) is 0.257. The Kier molecular flexibility index (Phi) is 5.95. The molecule has 7 heteroatoms. The molecule has 0 radical (unpaired) electrons. The number of rotatable bonds is 7. The molecule has 0 heterocycles. The Bertz CT molecular complexity index is 562. The Balaban J connectivity index is 2.20. The molecule has 126 valence electrons. The molecule has 1 unspecified atom stereocenters. The molecule has 7 nitrogen and oxygen atoms in total. The van der Waals surface area contributed by atoms with Gasteiger partial charge in [0.15, 0.2) is 0 Å². The van der Waals surface area contributed by atoms with Gasteiger partial charge in [-0.3, -0.25) is 4.79 Å². The summed E-state index contributed by atoms with van der Waals surface area (Å²) in [6, 6.07) is 5.35. The number of hydrogen-bond donors (Lipinski definition) is 6. The Labute approximate surface area is 136 Å². The van der Waals surface area contributed by atoms with E-state index in [1.807, 2.05) is 12.1 Å². The number of benzene rings is 1. The van der Waals surface area contributed by atoms with Gasteiger partial charge in [-0.15, -0.1) is 0 Å². The third-order valence-corrected chi connectivity index (χ3v) is 4.25. The Morgan fingerprint density at radius 2 is 2.13 bits per heavy atom. The summed E-state index contributed by atoms with van der Waals surface area (Å²) >= 11 is 0. The van der Waals surface area contributed by atoms with Gasteiger partial charge in [0.05, 0.1) is 11.6 Å². The van der Waals surface area contributed by atoms with E-state index in [0.717, 1.165) is 18.5 Å². The fourth-order valence-corrected chi connectivity index (χ4v) is 2.89. The molecule has 1 aliphatic carbocycles. The van der Waals surface area contributed by atoms with Crippen molar-refractivity contribution in [2.45, 2.75) is 43.8 Å². The average molecular weight is 318 g/mol. The van der Waals surface area contributed by atoms with Crippen LogP contribution < -0.4 is 27.8 Å². The van der Waals surface area contributed by atoms with Crippen LogP contribution in [-0.4, -0.2) is 36.8 Å². The number of nitrogens with one attached hydrogen (secondary N) is 3. The molecular formula is C16H26N6O. The third kappa shape index (κ3) is 4.43. The predicted octanol–water partition coefficient (Wildman–Crippen LogP) is 0.856. The van der Waals surface area contributed by atoms with E-state index in [1.54, 1.807) is 6.07 Å². The molecule has 1 amide bonds. The Hall–Kier alpha value is -2.12. The van der Waals surface area contributed by atoms with Crippen molar-refractivity contribution in [1.29, 1.82) is 5.41 Å². The minimum Gasteiger partial charge on any atom is -0.381 e. The fraction of sp³-hybridized carbons (Fsp3) is 0.500. The standard InChI is InChI=1S/C16H26N6O/c17-8-11(9-18)22-15-7-10(5-6-12(15)16(20)23)21-14-4-2-1-3-13(14)19/h5-8,11,13-14,17,21-22H,1-4,9,18-19H2,(H2,20,23)/t11?,13-,14+/m0/s1. The number of anilines is 2. The van der Waals surface area contributed by atoms with Gasteiger partial charge in [0, 0.05) is 36.2 Å². The van der Waals surface area contributed by atoms with Gasteiger partial charge in [-0.2, -0.15) is 0 Å². The molecule has 0 aliphatic heterocycles. The zero-order valence-corrected chi connectivity index (χ0v) is 13.2. The highest BCUT2D eigenvalue weighted by Gasteiger charge is 2.22. The zero-order valence-electron chi connectivity index (χ0n) is 13.2. The van der Waals surface area contributed by atoms with E-state index >= 15 is 0 Å². The quantitative estimate of drug-likeness (QED) is 0.413. The summed E-state index contributed by atoms with van der Waals surface area (Å²) in [5.41, 5.74) is 19.0. The van der Waals surface area contributed by atoms with Crippen molar-refractivity contribution in [1.82, 2.24) is 0 Å². The van der Waals surface area contributed by atoms with Crippen molar-refractivity contribution >= 4 is 23.5 Å². The van der Waals surface area contributed by atoms with Crippen LogP contribution in [0.1, 0.15) is 36.0 Å². The largest absolute Gasteiger partial charge is 0.381 e. The second-order valence-corrected chi connectivity index (χ2v) is 5.98. The summed E-state index contributed by atoms with van der Waals surface area (Å²) in [4.78, 5) is 11.6. The second-order valence-electron chi connectivity index (χ2n) is 5.98. The van der Waals surface area contributed by atoms with E-state index in [4.69, 9.17) is 22.6 Å². The van der Waals surface area contributed by atoms with Gasteiger partial charge < -0.3 is 33.2 Å². The molecule has 0 bridgehead atoms. The van der Waals surface area contributed by atoms with Crippen molar-refractivity contribution in [3.63, 3.8) is 0 Å². The van der Waals surface area contributed by atoms with Crippen LogP contribution in [0.4, 0.5) is 11.4 Å². The summed E-state index contributed by atoms with van der Waals surface area (Å²) in [6.07, 6.45) is 5.60. The number of nitrogens with two attached hydrogens (primary N) is 3. The van der Waals surface area contributed by atoms with E-state index in [9.17, 15) is 4.79 Å². The molecule has 1 aliphatic rings. The number of carbonyl (C=O) groups excluding carboxylic acids is 1. The van der Waals surface area contributed by atoms with E-state index in [2.05, 4.69) is 10.6 Å². The molecule has 0 saturated heterocycles. The zero-order chi connectivity index (χ0) is 16.8. The van der Waals surface area contributed by atoms with E-state index in [0.29, 0.717) is 11.3 Å². The van der Waals surface area contributed by atoms with Gasteiger partial charge in [0.2, 0.25) is 0 Å². The lowest BCUT2D eigenvalue weighted by atomic mass is 9.91. The predicted molar refractivity (Wildman–Crippen MR) is 94.1 cm³/mol. The first kappa shape index (κ1) is 17.2. The van der Waals surface area contributed by atoms with Crippen LogP contribution in [0.3, 0.4) is 0 Å². The molecule has 2 rings (SSSR count). The van der Waals surface area contributed by atoms with Crippen molar-refractivity contribution < 1.29 is 4.79 Å². The number of amides is 1. The topological polar surface area (TPSA) is 143 Å². The first-order valence-electron chi connectivity index (χ1n) is 7.98. The van der Waals surface area contributed by atoms with Crippen molar-refractivity contribution in [3.8, 4) is 0 Å². The van der Waals surface area contributed by atoms with Crippen LogP contribution in [0.5, 0.6) is 0 Å². The van der Waals surface area contributed by atoms with Crippen LogP contribution in [0, 0.1) is 5.41 Å². The lowest BCUT2D eigenvalue weighted by molar-refractivity contribution is 0.100. The molecule has 9 N–H and O–H groups in total. The molecule has 0 spiro atoms. The monoisotopic (exact) mass is 318 g/mol. The van der Waals surface area contributed by atoms with Crippen LogP contribution >= 0.6 is 0 Å². The van der Waals surface area contributed by atoms with E-state index in [-0.39, 0.29) is 24.7 Å². The van der Waals surface area contributed by atoms with Crippen LogP contribution in [0.2, 0.25) is 0 Å². The molecule has 1 saturated carbocycles. The van der Waals surface area contributed by atoms with Gasteiger partial charge >= 0.3 is 0 Å². The van der Waals surface area contributed by atoms with Gasteiger partial charge in [0.1, 0.15) is 0 Å². The third-order valence-electron chi connectivity index (χ3n) is 4.25. The fourth-order valence-electron chi connectivity index (χ4n) is 2.89. The first-order chi connectivity index (χ1) is 11.0. The lowest BCUT2D eigenvalue weighted by Crippen LogP contribution is -2.42. The number of hydrogen-bond acceptors (Lipinski definition) is 6. The van der Waals surface area contributed by atoms with Gasteiger partial charge in [-0.05, 0) is 31.0 Å². The van der Waals surface area contributed by atoms with Crippen LogP contribution in [-0.2, 0) is 0 Å². The van der Waals surface area contributed by atoms with Gasteiger partial charge in [-0.1, -0.05) is 12.8 Å². The van der Waals surface area contributed by atoms with Crippen molar-refractivity contribution in [2.24, 2.45) is 17.2 Å². The van der Waals surface area contributed by atoms with Gasteiger partial charge in [0.25, 0.3) is 5.91 Å². The summed E-state index contributed by atoms with van der Waals surface area (Å²) in [7, 11) is 0. The molecule has 3 atom stereocenters. The Morgan fingerprint density at radius 1 is 1.39 bits per heavy atom. The Morgan fingerprint density at radius 3 is 2.74 bits per heavy atom. The summed E-state index contributed by atoms with van der Waals surface area (Å²) in [5, 5.41) is 13.9. The highest BCUT2D eigenvalue weighted by atomic mass is 16.1. The maximum atomic E-state index is 11.6. The van der Waals surface area contributed by atoms with Crippen molar-refractivity contribution in [2.75, 3.05) is 17.2 Å². The lowest BCUT2D eigenvalue weighted by Gasteiger charge is -2.30. The van der Waals surface area contributed by atoms with E-state index < -0.39 is 5.91 Å². The minimum atomic E-state index is -0.519. The average Bonchev–Trinajstić information content (AvgIpc) is 2.54. The first-order valence-corrected chi connectivity index (χ1v) is 7.98. The molecular weight excluding hydrogens is 292 g/mol. The molecule has 1 aromatic rings. The van der Waals surface area contributed by atoms with Crippen LogP contribution in [0.15, 0.2) is 18.2 Å². The maximum Gasteiger partial charge on any atom is 0.250 e.